The van der Waals surface area contributed by atoms with Crippen LogP contribution in [0.4, 0.5) is 23.2 Å². The van der Waals surface area contributed by atoms with Gasteiger partial charge in [-0.1, -0.05) is 30.7 Å². The summed E-state index contributed by atoms with van der Waals surface area (Å²) < 4.78 is 52.0. The Kier molecular flexibility index (Phi) is 7.95. The van der Waals surface area contributed by atoms with Crippen LogP contribution in [0.2, 0.25) is 5.02 Å². The van der Waals surface area contributed by atoms with Crippen LogP contribution in [-0.2, 0) is 11.0 Å². The number of alkyl halides is 3. The van der Waals surface area contributed by atoms with E-state index in [1.807, 2.05) is 18.4 Å². The summed E-state index contributed by atoms with van der Waals surface area (Å²) >= 11 is 7.78. The van der Waals surface area contributed by atoms with Gasteiger partial charge in [0.05, 0.1) is 11.3 Å². The maximum atomic E-state index is 13.8. The molecule has 1 atom stereocenters. The summed E-state index contributed by atoms with van der Waals surface area (Å²) in [5.74, 6) is -0.934. The normalized spacial score (nSPS) is 18.4. The third-order valence-electron chi connectivity index (χ3n) is 5.42. The molecule has 178 valence electrons. The van der Waals surface area contributed by atoms with E-state index < -0.39 is 23.5 Å². The smallest absolute Gasteiger partial charge is 0.324 e. The Morgan fingerprint density at radius 2 is 1.94 bits per heavy atom. The number of amides is 1. The minimum absolute atomic E-state index is 0.0469. The van der Waals surface area contributed by atoms with E-state index in [0.29, 0.717) is 23.7 Å². The molecular weight excluding hydrogens is 478 g/mol. The van der Waals surface area contributed by atoms with Gasteiger partial charge >= 0.3 is 6.18 Å². The summed E-state index contributed by atoms with van der Waals surface area (Å²) in [4.78, 5) is 12.5. The average Bonchev–Trinajstić information content (AvgIpc) is 3.03. The third kappa shape index (κ3) is 6.41. The molecule has 2 aromatic rings. The van der Waals surface area contributed by atoms with E-state index in [0.717, 1.165) is 35.9 Å². The first-order chi connectivity index (χ1) is 15.5. The van der Waals surface area contributed by atoms with Gasteiger partial charge in [0.25, 0.3) is 0 Å². The lowest BCUT2D eigenvalue weighted by molar-refractivity contribution is -0.139. The topological polar surface area (TPSA) is 44.7 Å². The molecule has 1 aliphatic rings. The number of halogens is 5. The Morgan fingerprint density at radius 1 is 1.24 bits per heavy atom. The van der Waals surface area contributed by atoms with Crippen molar-refractivity contribution >= 4 is 40.7 Å². The zero-order valence-electron chi connectivity index (χ0n) is 18.2. The Bertz CT molecular complexity index is 1030. The molecule has 0 saturated heterocycles. The minimum atomic E-state index is -4.80. The van der Waals surface area contributed by atoms with Crippen molar-refractivity contribution in [1.82, 2.24) is 5.01 Å². The van der Waals surface area contributed by atoms with Gasteiger partial charge in [-0.05, 0) is 60.7 Å². The number of carbonyl (C=O) groups excluding carboxylic acids is 1. The van der Waals surface area contributed by atoms with Crippen molar-refractivity contribution in [2.24, 2.45) is 10.5 Å². The molecule has 0 aliphatic carbocycles. The van der Waals surface area contributed by atoms with Gasteiger partial charge < -0.3 is 5.32 Å². The quantitative estimate of drug-likeness (QED) is 0.341. The van der Waals surface area contributed by atoms with Crippen molar-refractivity contribution in [2.45, 2.75) is 25.9 Å². The number of hydrogen-bond acceptors (Lipinski definition) is 4. The first-order valence-electron chi connectivity index (χ1n) is 10.3. The van der Waals surface area contributed by atoms with Gasteiger partial charge in [-0.15, -0.1) is 0 Å². The van der Waals surface area contributed by atoms with E-state index >= 15 is 0 Å². The summed E-state index contributed by atoms with van der Waals surface area (Å²) in [7, 11) is 0. The average molecular weight is 502 g/mol. The number of hydrazone groups is 1. The number of nitrogens with zero attached hydrogens (tertiary/aromatic N) is 2. The highest BCUT2D eigenvalue weighted by atomic mass is 35.5. The van der Waals surface area contributed by atoms with Gasteiger partial charge in [-0.3, -0.25) is 9.80 Å². The van der Waals surface area contributed by atoms with Crippen molar-refractivity contribution in [2.75, 3.05) is 30.4 Å². The van der Waals surface area contributed by atoms with Crippen LogP contribution in [0.1, 0.15) is 30.9 Å². The molecule has 1 heterocycles. The highest BCUT2D eigenvalue weighted by Crippen LogP contribution is 2.36. The summed E-state index contributed by atoms with van der Waals surface area (Å²) in [6.07, 6.45) is -0.895. The highest BCUT2D eigenvalue weighted by molar-refractivity contribution is 7.98. The Balaban J connectivity index is 1.74. The van der Waals surface area contributed by atoms with Crippen LogP contribution in [-0.4, -0.2) is 41.7 Å². The number of hydrogen-bond donors (Lipinski definition) is 1. The molecule has 0 aromatic heterocycles. The molecule has 0 spiro atoms. The number of nitrogens with one attached hydrogen (secondary N) is 1. The van der Waals surface area contributed by atoms with Gasteiger partial charge in [-0.2, -0.15) is 30.0 Å². The Morgan fingerprint density at radius 3 is 2.55 bits per heavy atom. The molecule has 2 aromatic carbocycles. The molecule has 0 saturated carbocycles. The molecule has 33 heavy (non-hydrogen) atoms. The minimum Gasteiger partial charge on any atom is -0.324 e. The van der Waals surface area contributed by atoms with Crippen LogP contribution < -0.4 is 5.32 Å². The van der Waals surface area contributed by atoms with Crippen LogP contribution >= 0.6 is 23.4 Å². The fourth-order valence-corrected chi connectivity index (χ4v) is 4.43. The first kappa shape index (κ1) is 25.4. The standard InChI is InChI=1S/C23H24ClF4N3OS/c1-22(10-3-11-33-2)14-31(30-21(22)15-4-6-16(24)7-5-15)13-20(32)29-17-8-9-18(19(25)12-17)23(26,27)28/h4-9,12H,3,10-11,13-14H2,1-2H3,(H,29,32). The van der Waals surface area contributed by atoms with E-state index in [4.69, 9.17) is 11.6 Å². The summed E-state index contributed by atoms with van der Waals surface area (Å²) in [5.41, 5.74) is 0.0598. The maximum Gasteiger partial charge on any atom is 0.419 e. The van der Waals surface area contributed by atoms with Crippen LogP contribution in [0.15, 0.2) is 47.6 Å². The lowest BCUT2D eigenvalue weighted by Crippen LogP contribution is -2.34. The zero-order valence-corrected chi connectivity index (χ0v) is 19.8. The van der Waals surface area contributed by atoms with Gasteiger partial charge in [0.2, 0.25) is 5.91 Å². The number of rotatable bonds is 8. The number of benzene rings is 2. The van der Waals surface area contributed by atoms with Gasteiger partial charge in [-0.25, -0.2) is 4.39 Å². The van der Waals surface area contributed by atoms with E-state index in [1.165, 1.54) is 0 Å². The second-order valence-corrected chi connectivity index (χ2v) is 9.60. The van der Waals surface area contributed by atoms with Crippen LogP contribution in [0.25, 0.3) is 0 Å². The van der Waals surface area contributed by atoms with Crippen molar-refractivity contribution < 1.29 is 22.4 Å². The lowest BCUT2D eigenvalue weighted by atomic mass is 9.78. The Hall–Kier alpha value is -2.26. The van der Waals surface area contributed by atoms with Crippen LogP contribution in [0, 0.1) is 11.2 Å². The molecule has 10 heteroatoms. The summed E-state index contributed by atoms with van der Waals surface area (Å²) in [6, 6.07) is 9.67. The van der Waals surface area contributed by atoms with Gasteiger partial charge in [0.1, 0.15) is 12.4 Å². The fourth-order valence-electron chi connectivity index (χ4n) is 3.87. The molecule has 0 radical (unpaired) electrons. The van der Waals surface area contributed by atoms with E-state index in [9.17, 15) is 22.4 Å². The van der Waals surface area contributed by atoms with E-state index in [-0.39, 0.29) is 17.6 Å². The predicted molar refractivity (Wildman–Crippen MR) is 125 cm³/mol. The van der Waals surface area contributed by atoms with Crippen LogP contribution in [0.3, 0.4) is 0 Å². The third-order valence-corrected chi connectivity index (χ3v) is 6.37. The molecule has 1 amide bonds. The second kappa shape index (κ2) is 10.3. The van der Waals surface area contributed by atoms with Crippen molar-refractivity contribution in [1.29, 1.82) is 0 Å². The molecule has 3 rings (SSSR count). The summed E-state index contributed by atoms with van der Waals surface area (Å²) in [6.45, 7) is 2.50. The zero-order chi connectivity index (χ0) is 24.2. The van der Waals surface area contributed by atoms with Crippen molar-refractivity contribution in [3.05, 3.63) is 64.4 Å². The van der Waals surface area contributed by atoms with E-state index in [1.54, 1.807) is 28.9 Å². The number of carbonyl (C=O) groups is 1. The molecule has 4 nitrogen and oxygen atoms in total. The van der Waals surface area contributed by atoms with Gasteiger partial charge in [0, 0.05) is 22.7 Å². The first-order valence-corrected chi connectivity index (χ1v) is 12.0. The predicted octanol–water partition coefficient (Wildman–Crippen LogP) is 6.31. The molecular formula is C23H24ClF4N3OS. The molecule has 1 aliphatic heterocycles. The summed E-state index contributed by atoms with van der Waals surface area (Å²) in [5, 5.41) is 9.38. The van der Waals surface area contributed by atoms with Crippen molar-refractivity contribution in [3.8, 4) is 0 Å². The molecule has 1 unspecified atom stereocenters. The monoisotopic (exact) mass is 501 g/mol. The number of thioether (sulfide) groups is 1. The molecule has 0 bridgehead atoms. The number of anilines is 1. The largest absolute Gasteiger partial charge is 0.419 e. The SMILES string of the molecule is CSCCCC1(C)CN(CC(=O)Nc2ccc(C(F)(F)F)c(F)c2)N=C1c1ccc(Cl)cc1. The molecule has 0 fully saturated rings. The Labute approximate surface area is 199 Å². The van der Waals surface area contributed by atoms with E-state index in [2.05, 4.69) is 17.3 Å². The van der Waals surface area contributed by atoms with Crippen LogP contribution in [0.5, 0.6) is 0 Å². The second-order valence-electron chi connectivity index (χ2n) is 8.18. The van der Waals surface area contributed by atoms with Crippen molar-refractivity contribution in [3.63, 3.8) is 0 Å². The van der Waals surface area contributed by atoms with Gasteiger partial charge in [0.15, 0.2) is 0 Å². The molecule has 1 N–H and O–H groups in total. The lowest BCUT2D eigenvalue weighted by Gasteiger charge is -2.26. The maximum absolute atomic E-state index is 13.8. The fraction of sp³-hybridized carbons (Fsp3) is 0.391. The highest BCUT2D eigenvalue weighted by Gasteiger charge is 2.39.